The second kappa shape index (κ2) is 4.83. The van der Waals surface area contributed by atoms with E-state index in [1.165, 1.54) is 25.9 Å². The summed E-state index contributed by atoms with van der Waals surface area (Å²) >= 11 is 0. The molecule has 1 heterocycles. The monoisotopic (exact) mass is 171 g/mol. The number of aliphatic hydroxyl groups excluding tert-OH is 1. The van der Waals surface area contributed by atoms with E-state index in [1.807, 2.05) is 0 Å². The quantitative estimate of drug-likeness (QED) is 0.695. The number of rotatable bonds is 4. The Morgan fingerprint density at radius 1 is 1.33 bits per heavy atom. The second-order valence-corrected chi connectivity index (χ2v) is 3.84. The summed E-state index contributed by atoms with van der Waals surface area (Å²) in [5.41, 5.74) is 0. The second-order valence-electron chi connectivity index (χ2n) is 3.84. The zero-order valence-corrected chi connectivity index (χ0v) is 8.29. The van der Waals surface area contributed by atoms with Gasteiger partial charge in [0.05, 0.1) is 6.10 Å². The van der Waals surface area contributed by atoms with E-state index in [9.17, 15) is 5.11 Å². The molecule has 12 heavy (non-hydrogen) atoms. The van der Waals surface area contributed by atoms with E-state index in [1.54, 1.807) is 0 Å². The Morgan fingerprint density at radius 3 is 2.42 bits per heavy atom. The lowest BCUT2D eigenvalue weighted by molar-refractivity contribution is 0.0649. The van der Waals surface area contributed by atoms with Crippen LogP contribution in [0.25, 0.3) is 0 Å². The van der Waals surface area contributed by atoms with Gasteiger partial charge in [-0.25, -0.2) is 0 Å². The van der Waals surface area contributed by atoms with Gasteiger partial charge in [-0.3, -0.25) is 4.90 Å². The molecule has 1 rings (SSSR count). The average molecular weight is 171 g/mol. The van der Waals surface area contributed by atoms with Crippen molar-refractivity contribution >= 4 is 0 Å². The molecule has 0 aromatic heterocycles. The van der Waals surface area contributed by atoms with Gasteiger partial charge < -0.3 is 5.11 Å². The van der Waals surface area contributed by atoms with E-state index < -0.39 is 0 Å². The SMILES string of the molecule is CCCC(O)C(C)N1CCCC1. The Kier molecular flexibility index (Phi) is 4.02. The molecule has 0 radical (unpaired) electrons. The third-order valence-electron chi connectivity index (χ3n) is 2.86. The molecule has 2 atom stereocenters. The highest BCUT2D eigenvalue weighted by Gasteiger charge is 2.23. The van der Waals surface area contributed by atoms with Crippen molar-refractivity contribution in [3.8, 4) is 0 Å². The molecule has 0 aliphatic carbocycles. The Hall–Kier alpha value is -0.0800. The molecule has 2 nitrogen and oxygen atoms in total. The average Bonchev–Trinajstić information content (AvgIpc) is 2.55. The molecule has 0 aromatic carbocycles. The van der Waals surface area contributed by atoms with Crippen LogP contribution in [0.5, 0.6) is 0 Å². The fraction of sp³-hybridized carbons (Fsp3) is 1.00. The first-order valence-corrected chi connectivity index (χ1v) is 5.17. The van der Waals surface area contributed by atoms with E-state index in [4.69, 9.17) is 0 Å². The van der Waals surface area contributed by atoms with Crippen LogP contribution in [-0.2, 0) is 0 Å². The Morgan fingerprint density at radius 2 is 1.92 bits per heavy atom. The molecule has 2 heteroatoms. The van der Waals surface area contributed by atoms with E-state index in [0.29, 0.717) is 6.04 Å². The van der Waals surface area contributed by atoms with Crippen LogP contribution in [0.15, 0.2) is 0 Å². The van der Waals surface area contributed by atoms with Crippen LogP contribution in [0.3, 0.4) is 0 Å². The number of likely N-dealkylation sites (tertiary alicyclic amines) is 1. The first kappa shape index (κ1) is 10.0. The number of aliphatic hydroxyl groups is 1. The van der Waals surface area contributed by atoms with Gasteiger partial charge in [0.25, 0.3) is 0 Å². The summed E-state index contributed by atoms with van der Waals surface area (Å²) in [6.45, 7) is 6.63. The summed E-state index contributed by atoms with van der Waals surface area (Å²) in [4.78, 5) is 2.40. The van der Waals surface area contributed by atoms with Gasteiger partial charge in [-0.2, -0.15) is 0 Å². The molecule has 1 aliphatic heterocycles. The molecule has 0 amide bonds. The highest BCUT2D eigenvalue weighted by atomic mass is 16.3. The van der Waals surface area contributed by atoms with Crippen LogP contribution in [-0.4, -0.2) is 35.2 Å². The summed E-state index contributed by atoms with van der Waals surface area (Å²) in [5.74, 6) is 0. The number of nitrogens with zero attached hydrogens (tertiary/aromatic N) is 1. The van der Waals surface area contributed by atoms with Crippen molar-refractivity contribution < 1.29 is 5.11 Å². The maximum absolute atomic E-state index is 9.74. The molecule has 1 aliphatic rings. The first-order chi connectivity index (χ1) is 5.75. The normalized spacial score (nSPS) is 24.2. The Bertz CT molecular complexity index is 121. The summed E-state index contributed by atoms with van der Waals surface area (Å²) in [5, 5.41) is 9.74. The third kappa shape index (κ3) is 2.46. The molecule has 2 unspecified atom stereocenters. The van der Waals surface area contributed by atoms with E-state index in [2.05, 4.69) is 18.7 Å². The fourth-order valence-electron chi connectivity index (χ4n) is 1.93. The zero-order valence-electron chi connectivity index (χ0n) is 8.29. The number of hydrogen-bond acceptors (Lipinski definition) is 2. The fourth-order valence-corrected chi connectivity index (χ4v) is 1.93. The molecule has 1 fully saturated rings. The van der Waals surface area contributed by atoms with Crippen LogP contribution in [0, 0.1) is 0 Å². The lowest BCUT2D eigenvalue weighted by atomic mass is 10.1. The van der Waals surface area contributed by atoms with Crippen molar-refractivity contribution in [2.24, 2.45) is 0 Å². The van der Waals surface area contributed by atoms with E-state index in [0.717, 1.165) is 12.8 Å². The van der Waals surface area contributed by atoms with Gasteiger partial charge in [0.1, 0.15) is 0 Å². The largest absolute Gasteiger partial charge is 0.392 e. The molecule has 72 valence electrons. The lowest BCUT2D eigenvalue weighted by Gasteiger charge is -2.27. The van der Waals surface area contributed by atoms with Gasteiger partial charge >= 0.3 is 0 Å². The van der Waals surface area contributed by atoms with E-state index >= 15 is 0 Å². The minimum absolute atomic E-state index is 0.118. The highest BCUT2D eigenvalue weighted by Crippen LogP contribution is 2.15. The van der Waals surface area contributed by atoms with Gasteiger partial charge in [-0.05, 0) is 39.3 Å². The van der Waals surface area contributed by atoms with Gasteiger partial charge in [0, 0.05) is 6.04 Å². The van der Waals surface area contributed by atoms with Crippen LogP contribution < -0.4 is 0 Å². The minimum Gasteiger partial charge on any atom is -0.392 e. The molecular weight excluding hydrogens is 150 g/mol. The predicted octanol–water partition coefficient (Wildman–Crippen LogP) is 1.63. The smallest absolute Gasteiger partial charge is 0.0692 e. The molecule has 1 N–H and O–H groups in total. The van der Waals surface area contributed by atoms with Crippen LogP contribution >= 0.6 is 0 Å². The summed E-state index contributed by atoms with van der Waals surface area (Å²) in [7, 11) is 0. The molecule has 0 bridgehead atoms. The van der Waals surface area contributed by atoms with Crippen LogP contribution in [0.2, 0.25) is 0 Å². The van der Waals surface area contributed by atoms with Crippen molar-refractivity contribution in [1.29, 1.82) is 0 Å². The molecule has 0 spiro atoms. The van der Waals surface area contributed by atoms with Crippen molar-refractivity contribution in [3.63, 3.8) is 0 Å². The van der Waals surface area contributed by atoms with Gasteiger partial charge in [-0.1, -0.05) is 13.3 Å². The lowest BCUT2D eigenvalue weighted by Crippen LogP contribution is -2.39. The standard InChI is InChI=1S/C10H21NO/c1-3-6-10(12)9(2)11-7-4-5-8-11/h9-10,12H,3-8H2,1-2H3. The number of hydrogen-bond donors (Lipinski definition) is 1. The molecule has 0 saturated carbocycles. The van der Waals surface area contributed by atoms with Gasteiger partial charge in [0.2, 0.25) is 0 Å². The molecule has 1 saturated heterocycles. The van der Waals surface area contributed by atoms with Crippen molar-refractivity contribution in [2.45, 2.75) is 51.7 Å². The molecule has 0 aromatic rings. The Balaban J connectivity index is 2.29. The Labute approximate surface area is 75.6 Å². The molecular formula is C10H21NO. The van der Waals surface area contributed by atoms with Crippen LogP contribution in [0.4, 0.5) is 0 Å². The maximum atomic E-state index is 9.74. The first-order valence-electron chi connectivity index (χ1n) is 5.17. The van der Waals surface area contributed by atoms with Crippen molar-refractivity contribution in [3.05, 3.63) is 0 Å². The summed E-state index contributed by atoms with van der Waals surface area (Å²) < 4.78 is 0. The highest BCUT2D eigenvalue weighted by molar-refractivity contribution is 4.78. The van der Waals surface area contributed by atoms with Crippen molar-refractivity contribution in [1.82, 2.24) is 4.90 Å². The zero-order chi connectivity index (χ0) is 8.97. The third-order valence-corrected chi connectivity index (χ3v) is 2.86. The topological polar surface area (TPSA) is 23.5 Å². The van der Waals surface area contributed by atoms with Gasteiger partial charge in [0.15, 0.2) is 0 Å². The maximum Gasteiger partial charge on any atom is 0.0692 e. The van der Waals surface area contributed by atoms with E-state index in [-0.39, 0.29) is 6.10 Å². The summed E-state index contributed by atoms with van der Waals surface area (Å²) in [6, 6.07) is 0.368. The van der Waals surface area contributed by atoms with Crippen molar-refractivity contribution in [2.75, 3.05) is 13.1 Å². The van der Waals surface area contributed by atoms with Gasteiger partial charge in [-0.15, -0.1) is 0 Å². The minimum atomic E-state index is -0.118. The predicted molar refractivity (Wildman–Crippen MR) is 51.2 cm³/mol. The van der Waals surface area contributed by atoms with Crippen LogP contribution in [0.1, 0.15) is 39.5 Å². The summed E-state index contributed by atoms with van der Waals surface area (Å²) in [6.07, 6.45) is 4.52.